The van der Waals surface area contributed by atoms with Gasteiger partial charge in [0, 0.05) is 29.1 Å². The second-order valence-electron chi connectivity index (χ2n) is 7.59. The Hall–Kier alpha value is -2.60. The summed E-state index contributed by atoms with van der Waals surface area (Å²) in [5, 5.41) is 11.8. The number of carbonyl (C=O) groups is 1. The van der Waals surface area contributed by atoms with E-state index in [9.17, 15) is 4.79 Å². The fraction of sp³-hybridized carbons (Fsp3) is 0.348. The van der Waals surface area contributed by atoms with E-state index < -0.39 is 0 Å². The molecule has 5 nitrogen and oxygen atoms in total. The monoisotopic (exact) mass is 406 g/mol. The number of aryl methyl sites for hydroxylation is 3. The number of nitrogens with zero attached hydrogens (tertiary/aromatic N) is 3. The molecule has 0 atom stereocenters. The van der Waals surface area contributed by atoms with Crippen molar-refractivity contribution < 1.29 is 4.79 Å². The second-order valence-corrected chi connectivity index (χ2v) is 8.61. The molecule has 0 fully saturated rings. The van der Waals surface area contributed by atoms with Crippen LogP contribution < -0.4 is 5.32 Å². The van der Waals surface area contributed by atoms with Crippen LogP contribution in [0.3, 0.4) is 0 Å². The van der Waals surface area contributed by atoms with Crippen LogP contribution in [0.25, 0.3) is 11.4 Å². The molecular formula is C23H26N4OS. The van der Waals surface area contributed by atoms with Crippen molar-refractivity contribution in [2.75, 3.05) is 11.1 Å². The van der Waals surface area contributed by atoms with Gasteiger partial charge in [0.25, 0.3) is 0 Å². The number of hydrogen-bond donors (Lipinski definition) is 1. The zero-order chi connectivity index (χ0) is 20.2. The number of hydrogen-bond acceptors (Lipinski definition) is 4. The van der Waals surface area contributed by atoms with Crippen molar-refractivity contribution in [1.29, 1.82) is 0 Å². The van der Waals surface area contributed by atoms with Crippen LogP contribution in [-0.4, -0.2) is 26.4 Å². The Morgan fingerprint density at radius 3 is 2.90 bits per heavy atom. The highest BCUT2D eigenvalue weighted by atomic mass is 32.2. The van der Waals surface area contributed by atoms with Gasteiger partial charge in [0.15, 0.2) is 5.82 Å². The average Bonchev–Trinajstić information content (AvgIpc) is 2.97. The number of benzene rings is 2. The Bertz CT molecular complexity index is 1030. The van der Waals surface area contributed by atoms with Crippen molar-refractivity contribution in [2.24, 2.45) is 0 Å². The van der Waals surface area contributed by atoms with E-state index in [0.29, 0.717) is 5.75 Å². The lowest BCUT2D eigenvalue weighted by Gasteiger charge is -2.10. The van der Waals surface area contributed by atoms with E-state index in [1.54, 1.807) is 11.8 Å². The molecule has 3 aromatic rings. The quantitative estimate of drug-likeness (QED) is 0.605. The van der Waals surface area contributed by atoms with Crippen LogP contribution in [-0.2, 0) is 17.8 Å². The molecule has 4 rings (SSSR count). The van der Waals surface area contributed by atoms with Crippen LogP contribution in [0.1, 0.15) is 36.2 Å². The van der Waals surface area contributed by atoms with Gasteiger partial charge >= 0.3 is 0 Å². The van der Waals surface area contributed by atoms with Crippen molar-refractivity contribution in [1.82, 2.24) is 14.8 Å². The van der Waals surface area contributed by atoms with Crippen molar-refractivity contribution in [3.63, 3.8) is 0 Å². The Morgan fingerprint density at radius 2 is 2.00 bits per heavy atom. The van der Waals surface area contributed by atoms with Gasteiger partial charge in [-0.15, -0.1) is 22.0 Å². The maximum Gasteiger partial charge on any atom is 0.234 e. The van der Waals surface area contributed by atoms with Crippen LogP contribution in [0, 0.1) is 13.8 Å². The highest BCUT2D eigenvalue weighted by molar-refractivity contribution is 8.00. The van der Waals surface area contributed by atoms with E-state index in [4.69, 9.17) is 0 Å². The molecule has 150 valence electrons. The van der Waals surface area contributed by atoms with Gasteiger partial charge in [0.1, 0.15) is 5.82 Å². The Kier molecular flexibility index (Phi) is 6.00. The summed E-state index contributed by atoms with van der Waals surface area (Å²) in [6.07, 6.45) is 4.55. The number of fused-ring (bicyclic) bond motifs is 1. The van der Waals surface area contributed by atoms with Crippen LogP contribution >= 0.6 is 11.8 Å². The molecule has 29 heavy (non-hydrogen) atoms. The SMILES string of the molecule is Cc1ccc(C)c(SCC(=O)Nc2cccc(-c3nnc4n3CCCCC4)c2)c1. The first-order valence-corrected chi connectivity index (χ1v) is 11.1. The molecule has 1 aliphatic heterocycles. The fourth-order valence-corrected chi connectivity index (χ4v) is 4.56. The van der Waals surface area contributed by atoms with E-state index in [1.807, 2.05) is 24.3 Å². The summed E-state index contributed by atoms with van der Waals surface area (Å²) >= 11 is 1.57. The minimum atomic E-state index is -0.00636. The summed E-state index contributed by atoms with van der Waals surface area (Å²) in [5.41, 5.74) is 4.19. The van der Waals surface area contributed by atoms with E-state index in [2.05, 4.69) is 52.1 Å². The molecule has 0 radical (unpaired) electrons. The normalized spacial score (nSPS) is 13.6. The minimum absolute atomic E-state index is 0.00636. The molecule has 0 saturated heterocycles. The predicted octanol–water partition coefficient (Wildman–Crippen LogP) is 5.02. The van der Waals surface area contributed by atoms with Gasteiger partial charge < -0.3 is 9.88 Å². The number of nitrogens with one attached hydrogen (secondary N) is 1. The first-order valence-electron chi connectivity index (χ1n) is 10.1. The van der Waals surface area contributed by atoms with Crippen molar-refractivity contribution >= 4 is 23.4 Å². The third-order valence-electron chi connectivity index (χ3n) is 5.22. The maximum atomic E-state index is 12.5. The van der Waals surface area contributed by atoms with Gasteiger partial charge in [-0.3, -0.25) is 4.79 Å². The molecule has 0 saturated carbocycles. The molecule has 0 aliphatic carbocycles. The zero-order valence-corrected chi connectivity index (χ0v) is 17.8. The summed E-state index contributed by atoms with van der Waals surface area (Å²) in [4.78, 5) is 13.6. The van der Waals surface area contributed by atoms with Gasteiger partial charge in [-0.05, 0) is 50.5 Å². The lowest BCUT2D eigenvalue weighted by molar-refractivity contribution is -0.113. The molecule has 1 amide bonds. The standard InChI is InChI=1S/C23H26N4OS/c1-16-10-11-17(2)20(13-16)29-15-22(28)24-19-8-6-7-18(14-19)23-26-25-21-9-4-3-5-12-27(21)23/h6-8,10-11,13-14H,3-5,9,12,15H2,1-2H3,(H,24,28). The lowest BCUT2D eigenvalue weighted by atomic mass is 10.2. The molecule has 0 spiro atoms. The molecule has 1 aliphatic rings. The molecule has 0 bridgehead atoms. The van der Waals surface area contributed by atoms with E-state index in [1.165, 1.54) is 24.0 Å². The molecule has 1 aromatic heterocycles. The van der Waals surface area contributed by atoms with E-state index in [-0.39, 0.29) is 5.91 Å². The Balaban J connectivity index is 1.45. The molecule has 1 N–H and O–H groups in total. The summed E-state index contributed by atoms with van der Waals surface area (Å²) in [7, 11) is 0. The van der Waals surface area contributed by atoms with Crippen LogP contribution in [0.4, 0.5) is 5.69 Å². The molecule has 0 unspecified atom stereocenters. The van der Waals surface area contributed by atoms with Crippen LogP contribution in [0.5, 0.6) is 0 Å². The second kappa shape index (κ2) is 8.82. The number of carbonyl (C=O) groups excluding carboxylic acids is 1. The number of rotatable bonds is 5. The van der Waals surface area contributed by atoms with E-state index >= 15 is 0 Å². The molecule has 2 heterocycles. The largest absolute Gasteiger partial charge is 0.325 e. The highest BCUT2D eigenvalue weighted by Gasteiger charge is 2.16. The number of anilines is 1. The zero-order valence-electron chi connectivity index (χ0n) is 16.9. The summed E-state index contributed by atoms with van der Waals surface area (Å²) in [5.74, 6) is 2.34. The summed E-state index contributed by atoms with van der Waals surface area (Å²) in [6.45, 7) is 5.10. The maximum absolute atomic E-state index is 12.5. The third kappa shape index (κ3) is 4.70. The first-order chi connectivity index (χ1) is 14.1. The summed E-state index contributed by atoms with van der Waals surface area (Å²) < 4.78 is 2.23. The van der Waals surface area contributed by atoms with Gasteiger partial charge in [-0.2, -0.15) is 0 Å². The molecule has 2 aromatic carbocycles. The van der Waals surface area contributed by atoms with Gasteiger partial charge in [-0.25, -0.2) is 0 Å². The number of aromatic nitrogens is 3. The average molecular weight is 407 g/mol. The van der Waals surface area contributed by atoms with E-state index in [0.717, 1.165) is 47.2 Å². The van der Waals surface area contributed by atoms with Crippen LogP contribution in [0.2, 0.25) is 0 Å². The van der Waals surface area contributed by atoms with Gasteiger partial charge in [0.05, 0.1) is 5.75 Å². The Morgan fingerprint density at radius 1 is 1.10 bits per heavy atom. The number of amides is 1. The number of thioether (sulfide) groups is 1. The van der Waals surface area contributed by atoms with Crippen LogP contribution in [0.15, 0.2) is 47.4 Å². The lowest BCUT2D eigenvalue weighted by Crippen LogP contribution is -2.14. The van der Waals surface area contributed by atoms with Gasteiger partial charge in [-0.1, -0.05) is 36.2 Å². The first kappa shape index (κ1) is 19.7. The van der Waals surface area contributed by atoms with Crippen molar-refractivity contribution in [3.8, 4) is 11.4 Å². The predicted molar refractivity (Wildman–Crippen MR) is 118 cm³/mol. The van der Waals surface area contributed by atoms with Gasteiger partial charge in [0.2, 0.25) is 5.91 Å². The summed E-state index contributed by atoms with van der Waals surface area (Å²) in [6, 6.07) is 14.2. The fourth-order valence-electron chi connectivity index (χ4n) is 3.64. The van der Waals surface area contributed by atoms with Crippen molar-refractivity contribution in [2.45, 2.75) is 51.0 Å². The Labute approximate surface area is 175 Å². The van der Waals surface area contributed by atoms with Crippen molar-refractivity contribution in [3.05, 3.63) is 59.4 Å². The molecule has 6 heteroatoms. The third-order valence-corrected chi connectivity index (χ3v) is 6.37. The topological polar surface area (TPSA) is 59.8 Å². The molecular weight excluding hydrogens is 380 g/mol. The minimum Gasteiger partial charge on any atom is -0.325 e. The smallest absolute Gasteiger partial charge is 0.234 e. The highest BCUT2D eigenvalue weighted by Crippen LogP contribution is 2.26.